The highest BCUT2D eigenvalue weighted by Crippen LogP contribution is 2.19. The minimum Gasteiger partial charge on any atom is -0.393 e. The largest absolute Gasteiger partial charge is 0.393 e. The van der Waals surface area contributed by atoms with Crippen molar-refractivity contribution in [3.8, 4) is 0 Å². The Hall–Kier alpha value is -1.33. The summed E-state index contributed by atoms with van der Waals surface area (Å²) in [4.78, 5) is 12.1. The Morgan fingerprint density at radius 2 is 2.16 bits per heavy atom. The van der Waals surface area contributed by atoms with Crippen LogP contribution in [0.3, 0.4) is 0 Å². The molecule has 0 aromatic heterocycles. The van der Waals surface area contributed by atoms with Gasteiger partial charge in [0.15, 0.2) is 0 Å². The number of benzene rings is 1. The molecule has 2 amide bonds. The van der Waals surface area contributed by atoms with Crippen LogP contribution in [0, 0.1) is 6.92 Å². The Morgan fingerprint density at radius 1 is 1.42 bits per heavy atom. The number of carbonyl (C=O) groups is 1. The monoisotopic (exact) mass is 299 g/mol. The van der Waals surface area contributed by atoms with Crippen molar-refractivity contribution in [2.24, 2.45) is 5.73 Å². The molecule has 0 unspecified atom stereocenters. The zero-order valence-electron chi connectivity index (χ0n) is 10.8. The highest BCUT2D eigenvalue weighted by molar-refractivity contribution is 7.80. The van der Waals surface area contributed by atoms with Crippen LogP contribution >= 0.6 is 23.8 Å². The van der Waals surface area contributed by atoms with E-state index in [0.717, 1.165) is 18.4 Å². The molecule has 6 heteroatoms. The molecule has 0 spiro atoms. The Bertz CT molecular complexity index is 465. The van der Waals surface area contributed by atoms with Crippen LogP contribution in [0.5, 0.6) is 0 Å². The fraction of sp³-hybridized carbons (Fsp3) is 0.385. The molecule has 0 aliphatic rings. The number of nitrogens with two attached hydrogens (primary N) is 1. The predicted molar refractivity (Wildman–Crippen MR) is 83.8 cm³/mol. The van der Waals surface area contributed by atoms with E-state index in [2.05, 4.69) is 10.6 Å². The summed E-state index contributed by atoms with van der Waals surface area (Å²) in [7, 11) is 0. The van der Waals surface area contributed by atoms with E-state index >= 15 is 0 Å². The average Bonchev–Trinajstić information content (AvgIpc) is 2.33. The van der Waals surface area contributed by atoms with Crippen LogP contribution in [0.25, 0.3) is 0 Å². The van der Waals surface area contributed by atoms with E-state index < -0.39 is 0 Å². The zero-order valence-corrected chi connectivity index (χ0v) is 12.4. The van der Waals surface area contributed by atoms with Crippen molar-refractivity contribution >= 4 is 40.5 Å². The number of hydrogen-bond donors (Lipinski definition) is 3. The standard InChI is InChI=1S/C13H18ClN3OS/c1-9-5-6-10(8-11(9)14)17-13(18)16-7-3-2-4-12(15)19/h5-6,8H,2-4,7H2,1H3,(H2,15,19)(H2,16,17,18). The van der Waals surface area contributed by atoms with Gasteiger partial charge in [0, 0.05) is 17.3 Å². The van der Waals surface area contributed by atoms with Gasteiger partial charge in [0.2, 0.25) is 0 Å². The van der Waals surface area contributed by atoms with Crippen molar-refractivity contribution < 1.29 is 4.79 Å². The van der Waals surface area contributed by atoms with E-state index in [9.17, 15) is 4.79 Å². The molecule has 104 valence electrons. The molecular formula is C13H18ClN3OS. The van der Waals surface area contributed by atoms with Gasteiger partial charge in [-0.05, 0) is 43.9 Å². The van der Waals surface area contributed by atoms with E-state index in [-0.39, 0.29) is 6.03 Å². The second-order valence-electron chi connectivity index (χ2n) is 4.27. The first-order chi connectivity index (χ1) is 8.99. The predicted octanol–water partition coefficient (Wildman–Crippen LogP) is 3.23. The van der Waals surface area contributed by atoms with Crippen molar-refractivity contribution in [3.63, 3.8) is 0 Å². The van der Waals surface area contributed by atoms with Crippen LogP contribution in [0.2, 0.25) is 5.02 Å². The first-order valence-electron chi connectivity index (χ1n) is 6.08. The molecule has 4 nitrogen and oxygen atoms in total. The number of unbranched alkanes of at least 4 members (excludes halogenated alkanes) is 1. The van der Waals surface area contributed by atoms with E-state index in [0.29, 0.717) is 28.7 Å². The van der Waals surface area contributed by atoms with Gasteiger partial charge in [-0.15, -0.1) is 0 Å². The fourth-order valence-corrected chi connectivity index (χ4v) is 1.80. The van der Waals surface area contributed by atoms with Gasteiger partial charge < -0.3 is 16.4 Å². The van der Waals surface area contributed by atoms with Crippen molar-refractivity contribution in [2.75, 3.05) is 11.9 Å². The number of carbonyl (C=O) groups excluding carboxylic acids is 1. The van der Waals surface area contributed by atoms with E-state index in [1.54, 1.807) is 6.07 Å². The summed E-state index contributed by atoms with van der Waals surface area (Å²) in [5.74, 6) is 0. The van der Waals surface area contributed by atoms with Gasteiger partial charge in [-0.2, -0.15) is 0 Å². The third-order valence-corrected chi connectivity index (χ3v) is 3.18. The molecule has 0 atom stereocenters. The summed E-state index contributed by atoms with van der Waals surface area (Å²) < 4.78 is 0. The molecule has 0 heterocycles. The number of nitrogens with one attached hydrogen (secondary N) is 2. The summed E-state index contributed by atoms with van der Waals surface area (Å²) in [5, 5.41) is 6.12. The van der Waals surface area contributed by atoms with Gasteiger partial charge in [-0.1, -0.05) is 29.9 Å². The number of hydrogen-bond acceptors (Lipinski definition) is 2. The molecule has 1 aromatic carbocycles. The Labute approximate surface area is 123 Å². The number of aryl methyl sites for hydroxylation is 1. The maximum Gasteiger partial charge on any atom is 0.319 e. The third kappa shape index (κ3) is 6.40. The maximum absolute atomic E-state index is 11.6. The number of anilines is 1. The molecule has 1 aromatic rings. The molecule has 0 fully saturated rings. The number of amides is 2. The smallest absolute Gasteiger partial charge is 0.319 e. The van der Waals surface area contributed by atoms with Crippen molar-refractivity contribution in [1.82, 2.24) is 5.32 Å². The van der Waals surface area contributed by atoms with E-state index in [4.69, 9.17) is 29.6 Å². The van der Waals surface area contributed by atoms with Crippen molar-refractivity contribution in [2.45, 2.75) is 26.2 Å². The zero-order chi connectivity index (χ0) is 14.3. The van der Waals surface area contributed by atoms with Crippen molar-refractivity contribution in [3.05, 3.63) is 28.8 Å². The van der Waals surface area contributed by atoms with Crippen LogP contribution in [-0.4, -0.2) is 17.6 Å². The van der Waals surface area contributed by atoms with Crippen LogP contribution in [-0.2, 0) is 0 Å². The Balaban J connectivity index is 2.27. The number of rotatable bonds is 6. The van der Waals surface area contributed by atoms with Crippen LogP contribution in [0.15, 0.2) is 18.2 Å². The van der Waals surface area contributed by atoms with Gasteiger partial charge >= 0.3 is 6.03 Å². The molecule has 0 saturated carbocycles. The van der Waals surface area contributed by atoms with Gasteiger partial charge in [-0.3, -0.25) is 0 Å². The second-order valence-corrected chi connectivity index (χ2v) is 5.20. The molecule has 19 heavy (non-hydrogen) atoms. The molecule has 0 radical (unpaired) electrons. The molecule has 0 aliphatic carbocycles. The summed E-state index contributed by atoms with van der Waals surface area (Å²) in [6, 6.07) is 5.16. The van der Waals surface area contributed by atoms with Gasteiger partial charge in [-0.25, -0.2) is 4.79 Å². The average molecular weight is 300 g/mol. The lowest BCUT2D eigenvalue weighted by molar-refractivity contribution is 0.252. The van der Waals surface area contributed by atoms with Gasteiger partial charge in [0.05, 0.1) is 4.99 Å². The summed E-state index contributed by atoms with van der Waals surface area (Å²) in [6.07, 6.45) is 2.44. The van der Waals surface area contributed by atoms with E-state index in [1.807, 2.05) is 19.1 Å². The molecule has 4 N–H and O–H groups in total. The third-order valence-electron chi connectivity index (χ3n) is 2.57. The Kier molecular flexibility index (Phi) is 6.59. The number of urea groups is 1. The van der Waals surface area contributed by atoms with Crippen molar-refractivity contribution in [1.29, 1.82) is 0 Å². The molecule has 1 rings (SSSR count). The first-order valence-corrected chi connectivity index (χ1v) is 6.87. The number of halogens is 1. The van der Waals surface area contributed by atoms with Crippen LogP contribution in [0.1, 0.15) is 24.8 Å². The summed E-state index contributed by atoms with van der Waals surface area (Å²) >= 11 is 10.7. The summed E-state index contributed by atoms with van der Waals surface area (Å²) in [5.41, 5.74) is 7.04. The van der Waals surface area contributed by atoms with E-state index in [1.165, 1.54) is 0 Å². The first kappa shape index (κ1) is 15.7. The fourth-order valence-electron chi connectivity index (χ4n) is 1.47. The minimum absolute atomic E-state index is 0.241. The molecular weight excluding hydrogens is 282 g/mol. The quantitative estimate of drug-likeness (QED) is 0.558. The van der Waals surface area contributed by atoms with Gasteiger partial charge in [0.1, 0.15) is 0 Å². The lowest BCUT2D eigenvalue weighted by Gasteiger charge is -2.08. The molecule has 0 saturated heterocycles. The SMILES string of the molecule is Cc1ccc(NC(=O)NCCCCC(N)=S)cc1Cl. The second kappa shape index (κ2) is 7.96. The highest BCUT2D eigenvalue weighted by atomic mass is 35.5. The van der Waals surface area contributed by atoms with Crippen LogP contribution < -0.4 is 16.4 Å². The van der Waals surface area contributed by atoms with Gasteiger partial charge in [0.25, 0.3) is 0 Å². The lowest BCUT2D eigenvalue weighted by Crippen LogP contribution is -2.29. The Morgan fingerprint density at radius 3 is 2.79 bits per heavy atom. The van der Waals surface area contributed by atoms with Crippen LogP contribution in [0.4, 0.5) is 10.5 Å². The number of thiocarbonyl (C=S) groups is 1. The normalized spacial score (nSPS) is 10.0. The summed E-state index contributed by atoms with van der Waals surface area (Å²) in [6.45, 7) is 2.50. The minimum atomic E-state index is -0.241. The molecule has 0 bridgehead atoms. The molecule has 0 aliphatic heterocycles. The topological polar surface area (TPSA) is 67.2 Å². The highest BCUT2D eigenvalue weighted by Gasteiger charge is 2.02. The lowest BCUT2D eigenvalue weighted by atomic mass is 10.2. The maximum atomic E-state index is 11.6.